The lowest BCUT2D eigenvalue weighted by atomic mass is 10.1. The van der Waals surface area contributed by atoms with Crippen molar-refractivity contribution in [2.45, 2.75) is 24.2 Å². The van der Waals surface area contributed by atoms with Crippen molar-refractivity contribution in [1.29, 1.82) is 0 Å². The quantitative estimate of drug-likeness (QED) is 0.287. The predicted molar refractivity (Wildman–Crippen MR) is 114 cm³/mol. The van der Waals surface area contributed by atoms with Gasteiger partial charge in [0.2, 0.25) is 5.90 Å². The zero-order valence-electron chi connectivity index (χ0n) is 15.0. The van der Waals surface area contributed by atoms with Gasteiger partial charge in [-0.3, -0.25) is 0 Å². The summed E-state index contributed by atoms with van der Waals surface area (Å²) < 4.78 is 6.03. The van der Waals surface area contributed by atoms with Crippen LogP contribution in [0.5, 0.6) is 5.75 Å². The van der Waals surface area contributed by atoms with Gasteiger partial charge in [-0.1, -0.05) is 54.2 Å². The zero-order chi connectivity index (χ0) is 18.3. The molecule has 0 aromatic heterocycles. The van der Waals surface area contributed by atoms with Crippen LogP contribution in [0.3, 0.4) is 0 Å². The standard InChI is InChI=1S/C24H21NOS/c1-3-10-22(11-4-1)26-24(16-17-27-23-12-5-2-6-13-23)25-21-15-14-19-8-7-9-20(19)18-21/h1-6,10-18H,7-9H2/b17-16+,25-24?. The van der Waals surface area contributed by atoms with Crippen molar-refractivity contribution in [2.75, 3.05) is 0 Å². The largest absolute Gasteiger partial charge is 0.439 e. The van der Waals surface area contributed by atoms with E-state index in [1.807, 2.05) is 60.0 Å². The molecule has 0 fully saturated rings. The average Bonchev–Trinajstić information content (AvgIpc) is 3.17. The highest BCUT2D eigenvalue weighted by atomic mass is 32.2. The first-order valence-corrected chi connectivity index (χ1v) is 10.1. The Morgan fingerprint density at radius 3 is 2.41 bits per heavy atom. The maximum Gasteiger partial charge on any atom is 0.220 e. The zero-order valence-corrected chi connectivity index (χ0v) is 15.9. The summed E-state index contributed by atoms with van der Waals surface area (Å²) in [6.07, 6.45) is 5.50. The second kappa shape index (κ2) is 8.74. The van der Waals surface area contributed by atoms with Gasteiger partial charge >= 0.3 is 0 Å². The average molecular weight is 372 g/mol. The smallest absolute Gasteiger partial charge is 0.220 e. The van der Waals surface area contributed by atoms with Crippen molar-refractivity contribution in [2.24, 2.45) is 4.99 Å². The van der Waals surface area contributed by atoms with Gasteiger partial charge in [0.25, 0.3) is 0 Å². The van der Waals surface area contributed by atoms with E-state index in [0.29, 0.717) is 5.90 Å². The number of hydrogen-bond acceptors (Lipinski definition) is 3. The van der Waals surface area contributed by atoms with E-state index in [9.17, 15) is 0 Å². The Balaban J connectivity index is 1.57. The molecule has 0 aliphatic heterocycles. The highest BCUT2D eigenvalue weighted by Crippen LogP contribution is 2.27. The lowest BCUT2D eigenvalue weighted by molar-refractivity contribution is 0.556. The van der Waals surface area contributed by atoms with E-state index in [4.69, 9.17) is 9.73 Å². The lowest BCUT2D eigenvalue weighted by Gasteiger charge is -2.07. The molecule has 3 heteroatoms. The van der Waals surface area contributed by atoms with Crippen LogP contribution in [0.2, 0.25) is 0 Å². The molecule has 1 aliphatic rings. The SMILES string of the molecule is C(=C\C(=Nc1ccc2c(c1)CCC2)Oc1ccccc1)/Sc1ccccc1. The number of benzene rings is 3. The van der Waals surface area contributed by atoms with Gasteiger partial charge in [0.15, 0.2) is 0 Å². The van der Waals surface area contributed by atoms with E-state index in [2.05, 4.69) is 30.3 Å². The number of rotatable bonds is 5. The number of fused-ring (bicyclic) bond motifs is 1. The molecule has 0 bridgehead atoms. The number of thioether (sulfide) groups is 1. The maximum atomic E-state index is 6.03. The molecule has 0 saturated carbocycles. The number of aliphatic imine (C=N–C) groups is 1. The molecule has 4 rings (SSSR count). The molecular weight excluding hydrogens is 350 g/mol. The maximum absolute atomic E-state index is 6.03. The lowest BCUT2D eigenvalue weighted by Crippen LogP contribution is -2.04. The number of aryl methyl sites for hydroxylation is 2. The minimum Gasteiger partial charge on any atom is -0.439 e. The monoisotopic (exact) mass is 371 g/mol. The van der Waals surface area contributed by atoms with Gasteiger partial charge in [0.05, 0.1) is 5.69 Å². The minimum absolute atomic E-state index is 0.586. The molecule has 0 N–H and O–H groups in total. The molecule has 134 valence electrons. The molecule has 0 spiro atoms. The van der Waals surface area contributed by atoms with E-state index in [1.54, 1.807) is 11.8 Å². The summed E-state index contributed by atoms with van der Waals surface area (Å²) in [6.45, 7) is 0. The van der Waals surface area contributed by atoms with Crippen molar-refractivity contribution in [1.82, 2.24) is 0 Å². The third kappa shape index (κ3) is 4.89. The fraction of sp³-hybridized carbons (Fsp3) is 0.125. The minimum atomic E-state index is 0.586. The summed E-state index contributed by atoms with van der Waals surface area (Å²) in [5.41, 5.74) is 3.81. The summed E-state index contributed by atoms with van der Waals surface area (Å²) in [5.74, 6) is 1.37. The van der Waals surface area contributed by atoms with Crippen molar-refractivity contribution in [3.05, 3.63) is 101 Å². The second-order valence-electron chi connectivity index (χ2n) is 6.41. The molecule has 0 saturated heterocycles. The molecule has 3 aromatic carbocycles. The molecule has 27 heavy (non-hydrogen) atoms. The van der Waals surface area contributed by atoms with Crippen LogP contribution in [0.25, 0.3) is 0 Å². The van der Waals surface area contributed by atoms with E-state index < -0.39 is 0 Å². The van der Waals surface area contributed by atoms with Crippen LogP contribution in [-0.2, 0) is 12.8 Å². The Hall–Kier alpha value is -2.78. The van der Waals surface area contributed by atoms with Crippen molar-refractivity contribution < 1.29 is 4.74 Å². The third-order valence-corrected chi connectivity index (χ3v) is 5.26. The highest BCUT2D eigenvalue weighted by Gasteiger charge is 2.11. The molecule has 1 aliphatic carbocycles. The van der Waals surface area contributed by atoms with E-state index in [-0.39, 0.29) is 0 Å². The molecular formula is C24H21NOS. The first-order chi connectivity index (χ1) is 13.4. The van der Waals surface area contributed by atoms with Crippen molar-refractivity contribution >= 4 is 23.3 Å². The third-order valence-electron chi connectivity index (χ3n) is 4.44. The fourth-order valence-corrected chi connectivity index (χ4v) is 3.78. The highest BCUT2D eigenvalue weighted by molar-refractivity contribution is 8.02. The summed E-state index contributed by atoms with van der Waals surface area (Å²) in [5, 5.41) is 2.02. The number of hydrogen-bond donors (Lipinski definition) is 0. The van der Waals surface area contributed by atoms with Crippen LogP contribution < -0.4 is 4.74 Å². The van der Waals surface area contributed by atoms with E-state index in [1.165, 1.54) is 28.9 Å². The summed E-state index contributed by atoms with van der Waals surface area (Å²) >= 11 is 1.65. The molecule has 0 unspecified atom stereocenters. The first kappa shape index (κ1) is 17.6. The van der Waals surface area contributed by atoms with Crippen LogP contribution in [0.15, 0.2) is 100 Å². The van der Waals surface area contributed by atoms with Crippen LogP contribution in [0, 0.1) is 0 Å². The van der Waals surface area contributed by atoms with Gasteiger partial charge in [0, 0.05) is 11.0 Å². The van der Waals surface area contributed by atoms with Gasteiger partial charge in [-0.15, -0.1) is 0 Å². The van der Waals surface area contributed by atoms with Crippen LogP contribution in [0.4, 0.5) is 5.69 Å². The van der Waals surface area contributed by atoms with Crippen molar-refractivity contribution in [3.8, 4) is 5.75 Å². The normalized spacial score (nSPS) is 13.7. The number of nitrogens with zero attached hydrogens (tertiary/aromatic N) is 1. The Morgan fingerprint density at radius 1 is 0.852 bits per heavy atom. The summed E-state index contributed by atoms with van der Waals surface area (Å²) in [6, 6.07) is 26.5. The fourth-order valence-electron chi connectivity index (χ4n) is 3.13. The van der Waals surface area contributed by atoms with E-state index >= 15 is 0 Å². The molecule has 0 atom stereocenters. The Kier molecular flexibility index (Phi) is 5.70. The van der Waals surface area contributed by atoms with Gasteiger partial charge in [-0.05, 0) is 72.2 Å². The summed E-state index contributed by atoms with van der Waals surface area (Å²) in [7, 11) is 0. The topological polar surface area (TPSA) is 21.6 Å². The Bertz CT molecular complexity index is 949. The summed E-state index contributed by atoms with van der Waals surface area (Å²) in [4.78, 5) is 5.94. The van der Waals surface area contributed by atoms with Crippen molar-refractivity contribution in [3.63, 3.8) is 0 Å². The van der Waals surface area contributed by atoms with Gasteiger partial charge < -0.3 is 4.74 Å². The second-order valence-corrected chi connectivity index (χ2v) is 7.38. The molecule has 3 aromatic rings. The van der Waals surface area contributed by atoms with Crippen LogP contribution >= 0.6 is 11.8 Å². The van der Waals surface area contributed by atoms with Crippen LogP contribution in [-0.4, -0.2) is 5.90 Å². The number of ether oxygens (including phenoxy) is 1. The molecule has 0 amide bonds. The van der Waals surface area contributed by atoms with Gasteiger partial charge in [-0.25, -0.2) is 4.99 Å². The molecule has 2 nitrogen and oxygen atoms in total. The Morgan fingerprint density at radius 2 is 1.59 bits per heavy atom. The van der Waals surface area contributed by atoms with Gasteiger partial charge in [-0.2, -0.15) is 0 Å². The molecule has 0 radical (unpaired) electrons. The molecule has 0 heterocycles. The Labute approximate surface area is 164 Å². The van der Waals surface area contributed by atoms with Gasteiger partial charge in [0.1, 0.15) is 5.75 Å². The van der Waals surface area contributed by atoms with E-state index in [0.717, 1.165) is 17.9 Å². The van der Waals surface area contributed by atoms with Crippen LogP contribution in [0.1, 0.15) is 17.5 Å². The first-order valence-electron chi connectivity index (χ1n) is 9.18. The predicted octanol–water partition coefficient (Wildman–Crippen LogP) is 6.59. The number of para-hydroxylation sites is 1.